The summed E-state index contributed by atoms with van der Waals surface area (Å²) in [5, 5.41) is 1.05. The van der Waals surface area contributed by atoms with Gasteiger partial charge in [-0.2, -0.15) is 0 Å². The molecule has 0 amide bonds. The van der Waals surface area contributed by atoms with E-state index in [0.717, 1.165) is 19.5 Å². The van der Waals surface area contributed by atoms with Crippen molar-refractivity contribution in [3.8, 4) is 11.5 Å². The maximum atomic E-state index is 6.21. The van der Waals surface area contributed by atoms with Crippen LogP contribution in [0.4, 0.5) is 0 Å². The third-order valence-electron chi connectivity index (χ3n) is 3.94. The second-order valence-corrected chi connectivity index (χ2v) is 6.15. The van der Waals surface area contributed by atoms with E-state index in [-0.39, 0.29) is 6.10 Å². The van der Waals surface area contributed by atoms with E-state index in [4.69, 9.17) is 32.7 Å². The Labute approximate surface area is 137 Å². The van der Waals surface area contributed by atoms with Crippen molar-refractivity contribution in [1.29, 1.82) is 0 Å². The highest BCUT2D eigenvalue weighted by Gasteiger charge is 2.30. The zero-order chi connectivity index (χ0) is 15.4. The van der Waals surface area contributed by atoms with Crippen molar-refractivity contribution in [3.05, 3.63) is 22.2 Å². The molecule has 3 nitrogen and oxygen atoms in total. The van der Waals surface area contributed by atoms with Crippen LogP contribution in [0.25, 0.3) is 0 Å². The van der Waals surface area contributed by atoms with Gasteiger partial charge >= 0.3 is 0 Å². The topological polar surface area (TPSA) is 21.7 Å². The Hall–Kier alpha value is -0.640. The first kappa shape index (κ1) is 16.7. The Morgan fingerprint density at radius 1 is 1.33 bits per heavy atom. The van der Waals surface area contributed by atoms with Crippen LogP contribution in [0.15, 0.2) is 12.1 Å². The molecular formula is C16H23Cl2NO2. The van der Waals surface area contributed by atoms with Crippen LogP contribution in [-0.2, 0) is 0 Å². The Morgan fingerprint density at radius 2 is 2.10 bits per heavy atom. The van der Waals surface area contributed by atoms with Crippen LogP contribution < -0.4 is 9.47 Å². The highest BCUT2D eigenvalue weighted by atomic mass is 35.5. The number of benzene rings is 1. The number of likely N-dealkylation sites (N-methyl/N-ethyl adjacent to an activating group) is 1. The average molecular weight is 332 g/mol. The molecule has 2 atom stereocenters. The number of halogens is 2. The van der Waals surface area contributed by atoms with E-state index in [1.54, 1.807) is 12.1 Å². The van der Waals surface area contributed by atoms with Crippen LogP contribution in [0.1, 0.15) is 33.6 Å². The van der Waals surface area contributed by atoms with Crippen LogP contribution in [0.3, 0.4) is 0 Å². The number of hydrogen-bond donors (Lipinski definition) is 0. The molecule has 1 fully saturated rings. The minimum Gasteiger partial charge on any atom is -0.488 e. The summed E-state index contributed by atoms with van der Waals surface area (Å²) in [5.74, 6) is 1.21. The molecule has 0 aromatic heterocycles. The Kier molecular flexibility index (Phi) is 6.03. The molecule has 21 heavy (non-hydrogen) atoms. The molecule has 1 aliphatic heterocycles. The molecule has 0 N–H and O–H groups in total. The molecule has 2 rings (SSSR count). The Morgan fingerprint density at radius 3 is 2.76 bits per heavy atom. The van der Waals surface area contributed by atoms with Crippen LogP contribution in [0.5, 0.6) is 11.5 Å². The fourth-order valence-electron chi connectivity index (χ4n) is 2.96. The molecule has 0 radical (unpaired) electrons. The minimum absolute atomic E-state index is 0.0705. The molecule has 5 heteroatoms. The second-order valence-electron chi connectivity index (χ2n) is 5.31. The maximum absolute atomic E-state index is 6.21. The predicted molar refractivity (Wildman–Crippen MR) is 88.0 cm³/mol. The maximum Gasteiger partial charge on any atom is 0.179 e. The van der Waals surface area contributed by atoms with Gasteiger partial charge in [-0.25, -0.2) is 0 Å². The van der Waals surface area contributed by atoms with Crippen molar-refractivity contribution in [2.75, 3.05) is 19.7 Å². The molecule has 1 aromatic carbocycles. The minimum atomic E-state index is 0.0705. The van der Waals surface area contributed by atoms with Gasteiger partial charge in [-0.3, -0.25) is 4.90 Å². The van der Waals surface area contributed by atoms with Gasteiger partial charge in [0.1, 0.15) is 6.10 Å². The normalized spacial score (nSPS) is 20.5. The SMILES string of the molecule is CCOc1c(Cl)cc(Cl)cc1OC(C)C1CCCN1CC. The summed E-state index contributed by atoms with van der Waals surface area (Å²) in [6.07, 6.45) is 2.45. The summed E-state index contributed by atoms with van der Waals surface area (Å²) in [5.41, 5.74) is 0. The van der Waals surface area contributed by atoms with Crippen molar-refractivity contribution in [2.24, 2.45) is 0 Å². The largest absolute Gasteiger partial charge is 0.488 e. The molecule has 1 aliphatic rings. The summed E-state index contributed by atoms with van der Waals surface area (Å²) < 4.78 is 11.8. The van der Waals surface area contributed by atoms with Crippen LogP contribution in [0, 0.1) is 0 Å². The smallest absolute Gasteiger partial charge is 0.179 e. The lowest BCUT2D eigenvalue weighted by Crippen LogP contribution is -2.40. The van der Waals surface area contributed by atoms with Crippen molar-refractivity contribution in [2.45, 2.75) is 45.8 Å². The number of nitrogens with zero attached hydrogens (tertiary/aromatic N) is 1. The monoisotopic (exact) mass is 331 g/mol. The number of ether oxygens (including phenoxy) is 2. The zero-order valence-electron chi connectivity index (χ0n) is 12.9. The number of rotatable bonds is 6. The Bertz CT molecular complexity index is 482. The number of hydrogen-bond acceptors (Lipinski definition) is 3. The number of likely N-dealkylation sites (tertiary alicyclic amines) is 1. The van der Waals surface area contributed by atoms with Crippen LogP contribution in [0.2, 0.25) is 10.0 Å². The van der Waals surface area contributed by atoms with E-state index in [1.807, 2.05) is 6.92 Å². The first-order chi connectivity index (χ1) is 10.1. The van der Waals surface area contributed by atoms with Crippen LogP contribution in [-0.4, -0.2) is 36.7 Å². The summed E-state index contributed by atoms with van der Waals surface area (Å²) in [6.45, 7) is 8.94. The van der Waals surface area contributed by atoms with E-state index in [1.165, 1.54) is 6.42 Å². The third-order valence-corrected chi connectivity index (χ3v) is 4.44. The van der Waals surface area contributed by atoms with Gasteiger partial charge in [0.05, 0.1) is 11.6 Å². The Balaban J connectivity index is 2.18. The second kappa shape index (κ2) is 7.57. The molecule has 1 saturated heterocycles. The molecular weight excluding hydrogens is 309 g/mol. The van der Waals surface area contributed by atoms with Gasteiger partial charge in [0.2, 0.25) is 0 Å². The van der Waals surface area contributed by atoms with Gasteiger partial charge in [-0.1, -0.05) is 30.1 Å². The van der Waals surface area contributed by atoms with Crippen molar-refractivity contribution >= 4 is 23.2 Å². The average Bonchev–Trinajstić information content (AvgIpc) is 2.91. The van der Waals surface area contributed by atoms with Crippen LogP contribution >= 0.6 is 23.2 Å². The fraction of sp³-hybridized carbons (Fsp3) is 0.625. The van der Waals surface area contributed by atoms with E-state index in [9.17, 15) is 0 Å². The first-order valence-electron chi connectivity index (χ1n) is 7.59. The molecule has 0 saturated carbocycles. The zero-order valence-corrected chi connectivity index (χ0v) is 14.4. The van der Waals surface area contributed by atoms with Gasteiger partial charge < -0.3 is 9.47 Å². The van der Waals surface area contributed by atoms with Gasteiger partial charge in [0.15, 0.2) is 11.5 Å². The van der Waals surface area contributed by atoms with E-state index in [2.05, 4.69) is 18.7 Å². The lowest BCUT2D eigenvalue weighted by Gasteiger charge is -2.29. The third kappa shape index (κ3) is 3.97. The molecule has 1 heterocycles. The first-order valence-corrected chi connectivity index (χ1v) is 8.35. The van der Waals surface area contributed by atoms with E-state index in [0.29, 0.717) is 34.2 Å². The van der Waals surface area contributed by atoms with E-state index >= 15 is 0 Å². The molecule has 0 spiro atoms. The summed E-state index contributed by atoms with van der Waals surface area (Å²) in [6, 6.07) is 3.89. The molecule has 2 unspecified atom stereocenters. The molecule has 0 bridgehead atoms. The molecule has 1 aromatic rings. The highest BCUT2D eigenvalue weighted by Crippen LogP contribution is 2.39. The predicted octanol–water partition coefficient (Wildman–Crippen LogP) is 4.64. The van der Waals surface area contributed by atoms with E-state index < -0.39 is 0 Å². The van der Waals surface area contributed by atoms with Gasteiger partial charge in [-0.15, -0.1) is 0 Å². The van der Waals surface area contributed by atoms with Gasteiger partial charge in [0.25, 0.3) is 0 Å². The van der Waals surface area contributed by atoms with Crippen molar-refractivity contribution < 1.29 is 9.47 Å². The van der Waals surface area contributed by atoms with Gasteiger partial charge in [-0.05, 0) is 45.8 Å². The molecule has 0 aliphatic carbocycles. The summed E-state index contributed by atoms with van der Waals surface area (Å²) in [7, 11) is 0. The summed E-state index contributed by atoms with van der Waals surface area (Å²) >= 11 is 12.3. The van der Waals surface area contributed by atoms with Gasteiger partial charge in [0, 0.05) is 17.1 Å². The lowest BCUT2D eigenvalue weighted by atomic mass is 10.1. The lowest BCUT2D eigenvalue weighted by molar-refractivity contribution is 0.105. The standard InChI is InChI=1S/C16H23Cl2NO2/c1-4-19-8-6-7-14(19)11(3)21-15-10-12(17)9-13(18)16(15)20-5-2/h9-11,14H,4-8H2,1-3H3. The quantitative estimate of drug-likeness (QED) is 0.757. The van der Waals surface area contributed by atoms with Crippen molar-refractivity contribution in [1.82, 2.24) is 4.90 Å². The van der Waals surface area contributed by atoms with Crippen molar-refractivity contribution in [3.63, 3.8) is 0 Å². The molecule has 118 valence electrons. The summed E-state index contributed by atoms with van der Waals surface area (Å²) in [4.78, 5) is 2.46. The highest BCUT2D eigenvalue weighted by molar-refractivity contribution is 6.35. The fourth-order valence-corrected chi connectivity index (χ4v) is 3.49.